The molecule has 0 aliphatic carbocycles. The number of hydrogen-bond donors (Lipinski definition) is 1. The molecule has 1 saturated heterocycles. The Morgan fingerprint density at radius 2 is 2.16 bits per heavy atom. The minimum Gasteiger partial charge on any atom is -0.496 e. The SMILES string of the molecule is C=Nc1c(C(=O)Nc2cn(CC(=O)N3CCCC3C(C)C)nc2-c2cc(Cl)ccc2OC)cnn1/C=C\C. The molecule has 1 aliphatic heterocycles. The lowest BCUT2D eigenvalue weighted by atomic mass is 10.0. The number of methoxy groups -OCH3 is 1. The van der Waals surface area contributed by atoms with E-state index in [0.29, 0.717) is 39.5 Å². The first-order valence-corrected chi connectivity index (χ1v) is 12.8. The van der Waals surface area contributed by atoms with Gasteiger partial charge in [-0.15, -0.1) is 0 Å². The summed E-state index contributed by atoms with van der Waals surface area (Å²) in [7, 11) is 1.54. The van der Waals surface area contributed by atoms with Crippen molar-refractivity contribution in [3.63, 3.8) is 0 Å². The summed E-state index contributed by atoms with van der Waals surface area (Å²) in [5.41, 5.74) is 1.62. The second-order valence-corrected chi connectivity index (χ2v) is 9.83. The molecule has 1 atom stereocenters. The van der Waals surface area contributed by atoms with Gasteiger partial charge in [-0.1, -0.05) is 31.5 Å². The van der Waals surface area contributed by atoms with Gasteiger partial charge in [0.2, 0.25) is 5.91 Å². The van der Waals surface area contributed by atoms with E-state index in [0.717, 1.165) is 19.4 Å². The molecule has 1 fully saturated rings. The average Bonchev–Trinajstić information content (AvgIpc) is 3.62. The molecule has 0 bridgehead atoms. The minimum atomic E-state index is -0.448. The Bertz CT molecular complexity index is 1370. The van der Waals surface area contributed by atoms with Gasteiger partial charge in [-0.2, -0.15) is 10.2 Å². The molecular weight excluding hydrogens is 506 g/mol. The van der Waals surface area contributed by atoms with E-state index in [9.17, 15) is 9.59 Å². The number of hydrogen-bond acceptors (Lipinski definition) is 6. The van der Waals surface area contributed by atoms with Crippen molar-refractivity contribution in [3.05, 3.63) is 47.3 Å². The van der Waals surface area contributed by atoms with Crippen molar-refractivity contribution < 1.29 is 14.3 Å². The third kappa shape index (κ3) is 5.50. The van der Waals surface area contributed by atoms with Crippen molar-refractivity contribution in [1.29, 1.82) is 0 Å². The predicted octanol–water partition coefficient (Wildman–Crippen LogP) is 5.13. The average molecular weight is 538 g/mol. The number of likely N-dealkylation sites (tertiary alicyclic amines) is 1. The summed E-state index contributed by atoms with van der Waals surface area (Å²) in [6.07, 6.45) is 8.50. The summed E-state index contributed by atoms with van der Waals surface area (Å²) < 4.78 is 8.54. The predicted molar refractivity (Wildman–Crippen MR) is 149 cm³/mol. The third-order valence-electron chi connectivity index (χ3n) is 6.57. The summed E-state index contributed by atoms with van der Waals surface area (Å²) in [5.74, 6) is 0.734. The number of benzene rings is 1. The Hall–Kier alpha value is -3.92. The molecule has 10 nitrogen and oxygen atoms in total. The van der Waals surface area contributed by atoms with E-state index in [1.165, 1.54) is 10.9 Å². The number of halogens is 1. The van der Waals surface area contributed by atoms with Gasteiger partial charge in [0.25, 0.3) is 5.91 Å². The molecule has 4 rings (SSSR count). The molecule has 1 unspecified atom stereocenters. The molecule has 0 saturated carbocycles. The van der Waals surface area contributed by atoms with Crippen molar-refractivity contribution in [1.82, 2.24) is 24.5 Å². The van der Waals surface area contributed by atoms with Crippen molar-refractivity contribution in [2.24, 2.45) is 10.9 Å². The maximum absolute atomic E-state index is 13.3. The Morgan fingerprint density at radius 1 is 1.37 bits per heavy atom. The fourth-order valence-electron chi connectivity index (χ4n) is 4.80. The van der Waals surface area contributed by atoms with Crippen LogP contribution in [0.1, 0.15) is 44.0 Å². The van der Waals surface area contributed by atoms with Crippen LogP contribution in [0.2, 0.25) is 5.02 Å². The third-order valence-corrected chi connectivity index (χ3v) is 6.80. The summed E-state index contributed by atoms with van der Waals surface area (Å²) >= 11 is 6.30. The topological polar surface area (TPSA) is 107 Å². The van der Waals surface area contributed by atoms with E-state index in [4.69, 9.17) is 16.3 Å². The lowest BCUT2D eigenvalue weighted by Crippen LogP contribution is -2.40. The van der Waals surface area contributed by atoms with Gasteiger partial charge in [0.05, 0.1) is 19.0 Å². The maximum atomic E-state index is 13.3. The molecule has 2 amide bonds. The van der Waals surface area contributed by atoms with Gasteiger partial charge >= 0.3 is 0 Å². The second-order valence-electron chi connectivity index (χ2n) is 9.40. The van der Waals surface area contributed by atoms with Crippen LogP contribution in [0.4, 0.5) is 11.5 Å². The smallest absolute Gasteiger partial charge is 0.261 e. The molecule has 0 spiro atoms. The highest BCUT2D eigenvalue weighted by Gasteiger charge is 2.31. The first-order chi connectivity index (χ1) is 18.3. The van der Waals surface area contributed by atoms with Gasteiger partial charge in [0.15, 0.2) is 5.82 Å². The number of carbonyl (C=O) groups excluding carboxylic acids is 2. The lowest BCUT2D eigenvalue weighted by molar-refractivity contribution is -0.133. The number of allylic oxidation sites excluding steroid dienone is 1. The number of anilines is 1. The zero-order valence-electron chi connectivity index (χ0n) is 22.0. The van der Waals surface area contributed by atoms with Crippen molar-refractivity contribution >= 4 is 47.8 Å². The van der Waals surface area contributed by atoms with E-state index in [1.807, 2.05) is 11.8 Å². The molecule has 200 valence electrons. The minimum absolute atomic E-state index is 0.0167. The molecule has 3 aromatic rings. The molecule has 0 radical (unpaired) electrons. The maximum Gasteiger partial charge on any atom is 0.261 e. The normalized spacial score (nSPS) is 15.4. The van der Waals surface area contributed by atoms with Crippen LogP contribution >= 0.6 is 11.6 Å². The Morgan fingerprint density at radius 3 is 2.84 bits per heavy atom. The van der Waals surface area contributed by atoms with Crippen LogP contribution in [0.25, 0.3) is 17.5 Å². The van der Waals surface area contributed by atoms with Crippen LogP contribution in [0.15, 0.2) is 41.7 Å². The van der Waals surface area contributed by atoms with Gasteiger partial charge in [-0.05, 0) is 50.6 Å². The molecule has 1 aromatic carbocycles. The van der Waals surface area contributed by atoms with Crippen LogP contribution in [0.5, 0.6) is 5.75 Å². The number of carbonyl (C=O) groups is 2. The first-order valence-electron chi connectivity index (χ1n) is 12.5. The standard InChI is InChI=1S/C27H32ClN7O3/c1-6-11-35-26(29-4)20(14-30-35)27(37)31-21-15-33(16-24(36)34-12-7-8-22(34)17(2)3)32-25(21)19-13-18(28)9-10-23(19)38-5/h6,9-11,13-15,17,22H,4,7-8,12,16H2,1-3,5H3,(H,31,37)/b11-6-. The Labute approximate surface area is 226 Å². The van der Waals surface area contributed by atoms with E-state index < -0.39 is 5.91 Å². The Balaban J connectivity index is 1.71. The van der Waals surface area contributed by atoms with Crippen LogP contribution in [0.3, 0.4) is 0 Å². The van der Waals surface area contributed by atoms with Gasteiger partial charge < -0.3 is 15.0 Å². The molecule has 3 heterocycles. The molecular formula is C27H32ClN7O3. The second kappa shape index (κ2) is 11.6. The number of aromatic nitrogens is 4. The first kappa shape index (κ1) is 27.1. The molecule has 1 N–H and O–H groups in total. The molecule has 2 aromatic heterocycles. The van der Waals surface area contributed by atoms with E-state index >= 15 is 0 Å². The lowest BCUT2D eigenvalue weighted by Gasteiger charge is -2.27. The van der Waals surface area contributed by atoms with E-state index in [2.05, 4.69) is 41.1 Å². The molecule has 38 heavy (non-hydrogen) atoms. The number of nitrogens with one attached hydrogen (secondary N) is 1. The fourth-order valence-corrected chi connectivity index (χ4v) is 4.97. The van der Waals surface area contributed by atoms with E-state index in [-0.39, 0.29) is 24.1 Å². The van der Waals surface area contributed by atoms with Crippen LogP contribution < -0.4 is 10.1 Å². The quantitative estimate of drug-likeness (QED) is 0.381. The van der Waals surface area contributed by atoms with Crippen LogP contribution in [0, 0.1) is 5.92 Å². The van der Waals surface area contributed by atoms with Gasteiger partial charge in [0, 0.05) is 35.6 Å². The van der Waals surface area contributed by atoms with Crippen molar-refractivity contribution in [2.75, 3.05) is 19.0 Å². The number of rotatable bonds is 9. The highest BCUT2D eigenvalue weighted by molar-refractivity contribution is 6.31. The van der Waals surface area contributed by atoms with Crippen molar-refractivity contribution in [2.45, 2.75) is 46.2 Å². The van der Waals surface area contributed by atoms with Crippen LogP contribution in [-0.4, -0.2) is 62.7 Å². The highest BCUT2D eigenvalue weighted by Crippen LogP contribution is 2.36. The zero-order chi connectivity index (χ0) is 27.4. The van der Waals surface area contributed by atoms with Crippen molar-refractivity contribution in [3.8, 4) is 17.0 Å². The number of ether oxygens (including phenoxy) is 1. The van der Waals surface area contributed by atoms with Gasteiger partial charge in [-0.3, -0.25) is 14.3 Å². The van der Waals surface area contributed by atoms with Gasteiger partial charge in [0.1, 0.15) is 23.6 Å². The number of amides is 2. The number of aliphatic imine (C=N–C) groups is 1. The Kier molecular flexibility index (Phi) is 8.31. The summed E-state index contributed by atoms with van der Waals surface area (Å²) in [6, 6.07) is 5.36. The fraction of sp³-hybridized carbons (Fsp3) is 0.370. The monoisotopic (exact) mass is 537 g/mol. The number of nitrogens with zero attached hydrogens (tertiary/aromatic N) is 6. The summed E-state index contributed by atoms with van der Waals surface area (Å²) in [5, 5.41) is 12.3. The molecule has 11 heteroatoms. The largest absolute Gasteiger partial charge is 0.496 e. The van der Waals surface area contributed by atoms with Crippen LogP contribution in [-0.2, 0) is 11.3 Å². The summed E-state index contributed by atoms with van der Waals surface area (Å²) in [6.45, 7) is 10.4. The zero-order valence-corrected chi connectivity index (χ0v) is 22.8. The van der Waals surface area contributed by atoms with E-state index in [1.54, 1.807) is 48.5 Å². The molecule has 1 aliphatic rings. The summed E-state index contributed by atoms with van der Waals surface area (Å²) in [4.78, 5) is 32.5. The van der Waals surface area contributed by atoms with Gasteiger partial charge in [-0.25, -0.2) is 9.67 Å². The highest BCUT2D eigenvalue weighted by atomic mass is 35.5.